The number of rotatable bonds is 4. The van der Waals surface area contributed by atoms with Crippen LogP contribution in [0.2, 0.25) is 0 Å². The highest BCUT2D eigenvalue weighted by atomic mass is 79.9. The minimum Gasteiger partial charge on any atom is -0.465 e. The van der Waals surface area contributed by atoms with Crippen LogP contribution in [0.1, 0.15) is 10.4 Å². The second-order valence-electron chi connectivity index (χ2n) is 4.21. The molecule has 0 aromatic heterocycles. The molecule has 0 aliphatic carbocycles. The summed E-state index contributed by atoms with van der Waals surface area (Å²) in [6.07, 6.45) is 6.96. The van der Waals surface area contributed by atoms with Crippen LogP contribution in [0.15, 0.2) is 41.2 Å². The maximum Gasteiger partial charge on any atom is 0.337 e. The predicted octanol–water partition coefficient (Wildman–Crippen LogP) is 2.36. The molecule has 0 spiro atoms. The average molecular weight is 364 g/mol. The highest BCUT2D eigenvalue weighted by Gasteiger charge is 2.15. The summed E-state index contributed by atoms with van der Waals surface area (Å²) in [5, 5.41) is 3.13. The fraction of sp³-hybridized carbons (Fsp3) is 0.200. The third kappa shape index (κ3) is 4.02. The van der Waals surface area contributed by atoms with Crippen molar-refractivity contribution in [2.75, 3.05) is 25.6 Å². The van der Waals surface area contributed by atoms with Gasteiger partial charge in [-0.25, -0.2) is 4.79 Å². The number of benzene rings is 1. The van der Waals surface area contributed by atoms with E-state index in [9.17, 15) is 4.79 Å². The third-order valence-electron chi connectivity index (χ3n) is 2.74. The van der Waals surface area contributed by atoms with E-state index in [2.05, 4.69) is 37.1 Å². The maximum absolute atomic E-state index is 11.4. The molecule has 7 heteroatoms. The Morgan fingerprint density at radius 1 is 1.50 bits per heavy atom. The van der Waals surface area contributed by atoms with Gasteiger partial charge in [0, 0.05) is 5.69 Å². The molecule has 0 amide bonds. The molecule has 1 N–H and O–H groups in total. The van der Waals surface area contributed by atoms with E-state index in [-0.39, 0.29) is 12.6 Å². The fourth-order valence-corrected chi connectivity index (χ4v) is 1.99. The van der Waals surface area contributed by atoms with Gasteiger partial charge >= 0.3 is 5.97 Å². The molecule has 6 nitrogen and oxygen atoms in total. The number of anilines is 1. The number of methoxy groups -OCH3 is 1. The molecular weight excluding hydrogens is 350 g/mol. The van der Waals surface area contributed by atoms with Gasteiger partial charge in [0.25, 0.3) is 0 Å². The number of nitrogens with one attached hydrogen (secondary N) is 1. The van der Waals surface area contributed by atoms with Gasteiger partial charge in [-0.3, -0.25) is 3.93 Å². The van der Waals surface area contributed by atoms with Crippen molar-refractivity contribution in [3.05, 3.63) is 41.8 Å². The Kier molecular flexibility index (Phi) is 5.44. The fourth-order valence-electron chi connectivity index (χ4n) is 1.68. The zero-order valence-electron chi connectivity index (χ0n) is 11.9. The van der Waals surface area contributed by atoms with E-state index < -0.39 is 0 Å². The summed E-state index contributed by atoms with van der Waals surface area (Å²) >= 11 is 3.38. The summed E-state index contributed by atoms with van der Waals surface area (Å²) in [7, 11) is 1.35. The molecular formula is C15H14BrN3O3. The zero-order chi connectivity index (χ0) is 15.9. The number of aliphatic imine (C=N–C) groups is 1. The van der Waals surface area contributed by atoms with Gasteiger partial charge in [-0.2, -0.15) is 4.99 Å². The molecule has 0 saturated heterocycles. The second-order valence-corrected chi connectivity index (χ2v) is 5.07. The predicted molar refractivity (Wildman–Crippen MR) is 87.3 cm³/mol. The lowest BCUT2D eigenvalue weighted by atomic mass is 10.2. The Morgan fingerprint density at radius 2 is 2.23 bits per heavy atom. The van der Waals surface area contributed by atoms with Gasteiger partial charge in [0.05, 0.1) is 35.4 Å². The average Bonchev–Trinajstić information content (AvgIpc) is 2.55. The third-order valence-corrected chi connectivity index (χ3v) is 3.36. The second kappa shape index (κ2) is 7.52. The number of hydrogen-bond acceptors (Lipinski definition) is 6. The first-order valence-corrected chi connectivity index (χ1v) is 7.09. The van der Waals surface area contributed by atoms with E-state index in [1.807, 2.05) is 0 Å². The van der Waals surface area contributed by atoms with E-state index >= 15 is 0 Å². The van der Waals surface area contributed by atoms with Crippen LogP contribution < -0.4 is 5.32 Å². The van der Waals surface area contributed by atoms with Crippen LogP contribution in [-0.4, -0.2) is 36.1 Å². The van der Waals surface area contributed by atoms with E-state index in [0.29, 0.717) is 24.0 Å². The van der Waals surface area contributed by atoms with Crippen LogP contribution in [-0.2, 0) is 9.47 Å². The lowest BCUT2D eigenvalue weighted by molar-refractivity contribution is 0.0601. The Balaban J connectivity index is 2.08. The molecule has 0 atom stereocenters. The van der Waals surface area contributed by atoms with Crippen molar-refractivity contribution >= 4 is 33.8 Å². The Labute approximate surface area is 137 Å². The first-order valence-electron chi connectivity index (χ1n) is 6.38. The molecule has 0 bridgehead atoms. The van der Waals surface area contributed by atoms with Crippen molar-refractivity contribution in [2.24, 2.45) is 4.99 Å². The normalized spacial score (nSPS) is 13.6. The van der Waals surface area contributed by atoms with Crippen LogP contribution in [0.25, 0.3) is 0 Å². The van der Waals surface area contributed by atoms with Crippen LogP contribution >= 0.6 is 16.1 Å². The number of carbonyl (C=O) groups is 1. The number of terminal acetylenes is 1. The van der Waals surface area contributed by atoms with Crippen molar-refractivity contribution in [2.45, 2.75) is 0 Å². The molecule has 1 aliphatic rings. The van der Waals surface area contributed by atoms with Gasteiger partial charge in [-0.1, -0.05) is 5.92 Å². The largest absolute Gasteiger partial charge is 0.465 e. The summed E-state index contributed by atoms with van der Waals surface area (Å²) in [6, 6.07) is 6.86. The number of guanidine groups is 1. The van der Waals surface area contributed by atoms with E-state index in [1.54, 1.807) is 34.3 Å². The number of ether oxygens (including phenoxy) is 2. The molecule has 1 aromatic rings. The van der Waals surface area contributed by atoms with Crippen LogP contribution in [0.4, 0.5) is 5.69 Å². The number of nitrogens with zero attached hydrogens (tertiary/aromatic N) is 2. The van der Waals surface area contributed by atoms with E-state index in [1.165, 1.54) is 7.11 Å². The summed E-state index contributed by atoms with van der Waals surface area (Å²) in [6.45, 7) is 0.741. The summed E-state index contributed by atoms with van der Waals surface area (Å²) in [5.74, 6) is 3.03. The smallest absolute Gasteiger partial charge is 0.337 e. The maximum atomic E-state index is 11.4. The summed E-state index contributed by atoms with van der Waals surface area (Å²) in [4.78, 5) is 15.7. The lowest BCUT2D eigenvalue weighted by Gasteiger charge is -2.22. The highest BCUT2D eigenvalue weighted by molar-refractivity contribution is 9.07. The number of esters is 1. The quantitative estimate of drug-likeness (QED) is 0.505. The van der Waals surface area contributed by atoms with Crippen molar-refractivity contribution < 1.29 is 14.3 Å². The number of halogens is 1. The van der Waals surface area contributed by atoms with Gasteiger partial charge in [0.1, 0.15) is 0 Å². The number of hydrogen-bond donors (Lipinski definition) is 1. The molecule has 0 radical (unpaired) electrons. The van der Waals surface area contributed by atoms with Crippen molar-refractivity contribution in [1.82, 2.24) is 3.93 Å². The SMILES string of the molecule is C#CCOC1=CCN(Br)C(Nc2ccc(C(=O)OC)cc2)=N1. The minimum absolute atomic E-state index is 0.165. The Morgan fingerprint density at radius 3 is 2.86 bits per heavy atom. The summed E-state index contributed by atoms with van der Waals surface area (Å²) < 4.78 is 11.7. The topological polar surface area (TPSA) is 63.2 Å². The van der Waals surface area contributed by atoms with Crippen LogP contribution in [0.5, 0.6) is 0 Å². The Hall–Kier alpha value is -2.46. The van der Waals surface area contributed by atoms with E-state index in [4.69, 9.17) is 11.2 Å². The lowest BCUT2D eigenvalue weighted by Crippen LogP contribution is -2.31. The minimum atomic E-state index is -0.378. The molecule has 0 unspecified atom stereocenters. The van der Waals surface area contributed by atoms with Crippen LogP contribution in [0.3, 0.4) is 0 Å². The standard InChI is InChI=1S/C15H14BrN3O3/c1-3-10-22-13-8-9-19(16)15(18-13)17-12-6-4-11(5-7-12)14(20)21-2/h1,4-8H,9-10H2,2H3,(H,17,18). The summed E-state index contributed by atoms with van der Waals surface area (Å²) in [5.41, 5.74) is 1.25. The molecule has 0 fully saturated rings. The molecule has 1 aliphatic heterocycles. The van der Waals surface area contributed by atoms with Crippen molar-refractivity contribution in [3.63, 3.8) is 0 Å². The van der Waals surface area contributed by atoms with Crippen molar-refractivity contribution in [1.29, 1.82) is 0 Å². The van der Waals surface area contributed by atoms with Crippen LogP contribution in [0, 0.1) is 12.3 Å². The molecule has 22 heavy (non-hydrogen) atoms. The number of carbonyl (C=O) groups excluding carboxylic acids is 1. The Bertz CT molecular complexity index is 647. The van der Waals surface area contributed by atoms with Crippen molar-refractivity contribution in [3.8, 4) is 12.3 Å². The van der Waals surface area contributed by atoms with Gasteiger partial charge < -0.3 is 14.8 Å². The van der Waals surface area contributed by atoms with Gasteiger partial charge in [-0.05, 0) is 30.3 Å². The first kappa shape index (κ1) is 15.9. The molecule has 1 aromatic carbocycles. The molecule has 114 valence electrons. The zero-order valence-corrected chi connectivity index (χ0v) is 13.5. The van der Waals surface area contributed by atoms with Gasteiger partial charge in [0.15, 0.2) is 6.61 Å². The van der Waals surface area contributed by atoms with Gasteiger partial charge in [-0.15, -0.1) is 6.42 Å². The first-order chi connectivity index (χ1) is 10.6. The molecule has 2 rings (SSSR count). The molecule has 0 saturated carbocycles. The van der Waals surface area contributed by atoms with E-state index in [0.717, 1.165) is 5.69 Å². The monoisotopic (exact) mass is 363 g/mol. The molecule has 1 heterocycles. The highest BCUT2D eigenvalue weighted by Crippen LogP contribution is 2.16. The van der Waals surface area contributed by atoms with Gasteiger partial charge in [0.2, 0.25) is 11.8 Å².